The van der Waals surface area contributed by atoms with E-state index in [0.29, 0.717) is 55.2 Å². The van der Waals surface area contributed by atoms with Crippen LogP contribution in [0.25, 0.3) is 10.9 Å². The molecule has 0 radical (unpaired) electrons. The standard InChI is InChI=1S/C28H34ClFN8O4/c1-28(2,3)42-27(39)38-9-7-37(8-10-38)25-16-12-20(32)36-26(23(16)33-15-34-25)41-24-17(14-31)19(13-18(30)22(24)29)35-21-6-4-5-11-40-21/h12-15,21,31,35H,4-11H2,1-3H3,(H2,32,36). The molecular formula is C28H34ClFN8O4. The number of nitrogens with zero attached hydrogens (tertiary/aromatic N) is 5. The lowest BCUT2D eigenvalue weighted by Gasteiger charge is -2.36. The van der Waals surface area contributed by atoms with Gasteiger partial charge in [-0.05, 0) is 52.2 Å². The molecule has 3 aromatic rings. The van der Waals surface area contributed by atoms with Crippen molar-refractivity contribution < 1.29 is 23.4 Å². The third kappa shape index (κ3) is 6.41. The molecule has 0 spiro atoms. The topological polar surface area (TPSA) is 152 Å². The number of amides is 1. The van der Waals surface area contributed by atoms with E-state index in [1.165, 1.54) is 12.4 Å². The van der Waals surface area contributed by atoms with E-state index in [1.54, 1.807) is 11.0 Å². The molecule has 0 saturated carbocycles. The number of nitrogens with one attached hydrogen (secondary N) is 2. The lowest BCUT2D eigenvalue weighted by Crippen LogP contribution is -2.50. The van der Waals surface area contributed by atoms with Crippen molar-refractivity contribution in [2.45, 2.75) is 51.9 Å². The van der Waals surface area contributed by atoms with Crippen molar-refractivity contribution in [1.82, 2.24) is 19.9 Å². The first-order valence-corrected chi connectivity index (χ1v) is 14.1. The highest BCUT2D eigenvalue weighted by Gasteiger charge is 2.28. The lowest BCUT2D eigenvalue weighted by atomic mass is 10.1. The highest BCUT2D eigenvalue weighted by Crippen LogP contribution is 2.41. The minimum absolute atomic E-state index is 0.0171. The second kappa shape index (κ2) is 12.1. The minimum Gasteiger partial charge on any atom is -0.444 e. The maximum Gasteiger partial charge on any atom is 0.410 e. The molecule has 1 unspecified atom stereocenters. The summed E-state index contributed by atoms with van der Waals surface area (Å²) in [6.07, 6.45) is 4.38. The monoisotopic (exact) mass is 600 g/mol. The van der Waals surface area contributed by atoms with Crippen LogP contribution in [-0.4, -0.2) is 76.8 Å². The van der Waals surface area contributed by atoms with Crippen LogP contribution in [0.5, 0.6) is 11.6 Å². The number of hydrogen-bond donors (Lipinski definition) is 3. The number of carbonyl (C=O) groups is 1. The maximum absolute atomic E-state index is 15.0. The van der Waals surface area contributed by atoms with E-state index in [0.717, 1.165) is 25.5 Å². The van der Waals surface area contributed by atoms with Gasteiger partial charge < -0.3 is 40.5 Å². The fourth-order valence-electron chi connectivity index (χ4n) is 4.89. The van der Waals surface area contributed by atoms with Crippen LogP contribution in [0, 0.1) is 11.2 Å². The third-order valence-corrected chi connectivity index (χ3v) is 7.23. The Morgan fingerprint density at radius 1 is 1.24 bits per heavy atom. The molecule has 224 valence electrons. The summed E-state index contributed by atoms with van der Waals surface area (Å²) < 4.78 is 32.3. The molecule has 4 heterocycles. The number of hydrogen-bond acceptors (Lipinski definition) is 11. The number of carbonyl (C=O) groups excluding carboxylic acids is 1. The van der Waals surface area contributed by atoms with Gasteiger partial charge in [0.25, 0.3) is 0 Å². The van der Waals surface area contributed by atoms with Gasteiger partial charge in [0.05, 0.1) is 16.6 Å². The van der Waals surface area contributed by atoms with E-state index >= 15 is 4.39 Å². The number of anilines is 3. The Bertz CT molecular complexity index is 1490. The van der Waals surface area contributed by atoms with Gasteiger partial charge in [-0.15, -0.1) is 0 Å². The number of halogens is 2. The molecule has 2 saturated heterocycles. The van der Waals surface area contributed by atoms with Gasteiger partial charge in [-0.2, -0.15) is 4.98 Å². The van der Waals surface area contributed by atoms with E-state index in [4.69, 9.17) is 37.0 Å². The largest absolute Gasteiger partial charge is 0.444 e. The zero-order chi connectivity index (χ0) is 30.0. The van der Waals surface area contributed by atoms with Gasteiger partial charge in [0.2, 0.25) is 5.88 Å². The van der Waals surface area contributed by atoms with Gasteiger partial charge in [0.15, 0.2) is 5.75 Å². The molecule has 2 aliphatic rings. The number of nitrogens with two attached hydrogens (primary N) is 1. The molecular weight excluding hydrogens is 567 g/mol. The minimum atomic E-state index is -0.734. The first-order chi connectivity index (χ1) is 20.0. The lowest BCUT2D eigenvalue weighted by molar-refractivity contribution is 0.0240. The highest BCUT2D eigenvalue weighted by molar-refractivity contribution is 6.33. The van der Waals surface area contributed by atoms with Crippen LogP contribution in [-0.2, 0) is 9.47 Å². The Balaban J connectivity index is 1.45. The Morgan fingerprint density at radius 2 is 2.00 bits per heavy atom. The van der Waals surface area contributed by atoms with Crippen molar-refractivity contribution in [1.29, 1.82) is 5.41 Å². The molecule has 1 atom stereocenters. The molecule has 0 bridgehead atoms. The summed E-state index contributed by atoms with van der Waals surface area (Å²) >= 11 is 6.36. The van der Waals surface area contributed by atoms with Crippen LogP contribution < -0.4 is 20.7 Å². The zero-order valence-corrected chi connectivity index (χ0v) is 24.5. The molecule has 1 amide bonds. The van der Waals surface area contributed by atoms with Crippen molar-refractivity contribution in [3.8, 4) is 11.6 Å². The van der Waals surface area contributed by atoms with Crippen molar-refractivity contribution in [3.63, 3.8) is 0 Å². The normalized spacial score (nSPS) is 17.7. The van der Waals surface area contributed by atoms with E-state index in [1.807, 2.05) is 25.7 Å². The molecule has 2 aromatic heterocycles. The van der Waals surface area contributed by atoms with Crippen LogP contribution in [0.1, 0.15) is 45.6 Å². The second-order valence-corrected chi connectivity index (χ2v) is 11.5. The molecule has 2 aliphatic heterocycles. The van der Waals surface area contributed by atoms with Gasteiger partial charge in [-0.25, -0.2) is 19.2 Å². The number of piperazine rings is 1. The first-order valence-electron chi connectivity index (χ1n) is 13.8. The van der Waals surface area contributed by atoms with Gasteiger partial charge in [0.1, 0.15) is 46.1 Å². The molecule has 5 rings (SSSR count). The molecule has 12 nitrogen and oxygen atoms in total. The number of benzene rings is 1. The van der Waals surface area contributed by atoms with E-state index in [-0.39, 0.29) is 40.4 Å². The Morgan fingerprint density at radius 3 is 2.67 bits per heavy atom. The predicted octanol–water partition coefficient (Wildman–Crippen LogP) is 5.19. The van der Waals surface area contributed by atoms with Gasteiger partial charge in [-0.3, -0.25) is 0 Å². The number of aromatic nitrogens is 3. The second-order valence-electron chi connectivity index (χ2n) is 11.1. The van der Waals surface area contributed by atoms with Crippen LogP contribution in [0.3, 0.4) is 0 Å². The molecule has 4 N–H and O–H groups in total. The third-order valence-electron chi connectivity index (χ3n) is 6.87. The fraction of sp³-hybridized carbons (Fsp3) is 0.464. The summed E-state index contributed by atoms with van der Waals surface area (Å²) in [7, 11) is 0. The maximum atomic E-state index is 15.0. The summed E-state index contributed by atoms with van der Waals surface area (Å²) in [5.74, 6) is -0.148. The summed E-state index contributed by atoms with van der Waals surface area (Å²) in [5.41, 5.74) is 6.44. The number of rotatable bonds is 6. The number of fused-ring (bicyclic) bond motifs is 1. The van der Waals surface area contributed by atoms with Crippen LogP contribution >= 0.6 is 11.6 Å². The summed E-state index contributed by atoms with van der Waals surface area (Å²) in [5, 5.41) is 11.5. The van der Waals surface area contributed by atoms with Crippen molar-refractivity contribution in [2.24, 2.45) is 0 Å². The molecule has 2 fully saturated rings. The van der Waals surface area contributed by atoms with Crippen LogP contribution in [0.4, 0.5) is 26.5 Å². The molecule has 1 aromatic carbocycles. The van der Waals surface area contributed by atoms with E-state index < -0.39 is 11.4 Å². The highest BCUT2D eigenvalue weighted by atomic mass is 35.5. The van der Waals surface area contributed by atoms with Crippen molar-refractivity contribution in [3.05, 3.63) is 34.9 Å². The zero-order valence-electron chi connectivity index (χ0n) is 23.7. The first kappa shape index (κ1) is 29.5. The van der Waals surface area contributed by atoms with E-state index in [9.17, 15) is 4.79 Å². The number of nitrogen functional groups attached to an aromatic ring is 1. The smallest absolute Gasteiger partial charge is 0.410 e. The molecule has 14 heteroatoms. The average Bonchev–Trinajstić information content (AvgIpc) is 2.95. The predicted molar refractivity (Wildman–Crippen MR) is 158 cm³/mol. The Hall–Kier alpha value is -3.97. The number of pyridine rings is 1. The van der Waals surface area contributed by atoms with Crippen LogP contribution in [0.15, 0.2) is 18.5 Å². The van der Waals surface area contributed by atoms with Crippen molar-refractivity contribution in [2.75, 3.05) is 48.7 Å². The summed E-state index contributed by atoms with van der Waals surface area (Å²) in [6, 6.07) is 2.85. The summed E-state index contributed by atoms with van der Waals surface area (Å²) in [4.78, 5) is 29.4. The molecule has 42 heavy (non-hydrogen) atoms. The van der Waals surface area contributed by atoms with Crippen LogP contribution in [0.2, 0.25) is 5.02 Å². The van der Waals surface area contributed by atoms with Gasteiger partial charge in [-0.1, -0.05) is 11.6 Å². The SMILES string of the molecule is CC(C)(C)OC(=O)N1CCN(c2ncnc3c(Oc4c(Cl)c(F)cc(NC5CCCCO5)c4C=N)nc(N)cc23)CC1. The fourth-order valence-corrected chi connectivity index (χ4v) is 5.09. The number of ether oxygens (including phenoxy) is 3. The average molecular weight is 601 g/mol. The van der Waals surface area contributed by atoms with E-state index in [2.05, 4.69) is 20.3 Å². The van der Waals surface area contributed by atoms with Gasteiger partial charge in [0, 0.05) is 39.0 Å². The Labute approximate surface area is 247 Å². The Kier molecular flexibility index (Phi) is 8.50. The summed E-state index contributed by atoms with van der Waals surface area (Å²) in [6.45, 7) is 7.95. The molecule has 0 aliphatic carbocycles. The van der Waals surface area contributed by atoms with Gasteiger partial charge >= 0.3 is 6.09 Å². The quantitative estimate of drug-likeness (QED) is 0.322. The van der Waals surface area contributed by atoms with Crippen molar-refractivity contribution >= 4 is 52.1 Å².